The van der Waals surface area contributed by atoms with Crippen LogP contribution in [0.15, 0.2) is 41.5 Å². The second kappa shape index (κ2) is 7.97. The molecule has 1 aromatic carbocycles. The van der Waals surface area contributed by atoms with Crippen molar-refractivity contribution >= 4 is 28.8 Å². The minimum absolute atomic E-state index is 0.183. The Kier molecular flexibility index (Phi) is 5.25. The molecule has 2 aliphatic rings. The van der Waals surface area contributed by atoms with Crippen molar-refractivity contribution in [2.45, 2.75) is 12.5 Å². The number of amides is 1. The van der Waals surface area contributed by atoms with Crippen LogP contribution in [0.5, 0.6) is 11.5 Å². The number of benzene rings is 1. The molecule has 4 rings (SSSR count). The largest absolute Gasteiger partial charge is 0.486 e. The van der Waals surface area contributed by atoms with Gasteiger partial charge in [0, 0.05) is 23.7 Å². The van der Waals surface area contributed by atoms with E-state index in [4.69, 9.17) is 9.47 Å². The topological polar surface area (TPSA) is 91.2 Å². The van der Waals surface area contributed by atoms with Crippen LogP contribution in [0, 0.1) is 0 Å². The summed E-state index contributed by atoms with van der Waals surface area (Å²) in [6, 6.07) is 8.91. The molecular formula is C19H19N3O5S. The summed E-state index contributed by atoms with van der Waals surface area (Å²) < 4.78 is 17.6. The zero-order valence-corrected chi connectivity index (χ0v) is 16.0. The fraction of sp³-hybridized carbons (Fsp3) is 0.316. The number of amidine groups is 1. The van der Waals surface area contributed by atoms with Gasteiger partial charge in [0.15, 0.2) is 16.7 Å². The van der Waals surface area contributed by atoms with Gasteiger partial charge in [0.25, 0.3) is 5.91 Å². The molecule has 0 radical (unpaired) electrons. The summed E-state index contributed by atoms with van der Waals surface area (Å²) in [7, 11) is 1.35. The number of nitrogens with one attached hydrogen (secondary N) is 1. The van der Waals surface area contributed by atoms with Gasteiger partial charge in [-0.15, -0.1) is 0 Å². The predicted octanol–water partition coefficient (Wildman–Crippen LogP) is 2.01. The minimum Gasteiger partial charge on any atom is -0.486 e. The second-order valence-electron chi connectivity index (χ2n) is 6.22. The summed E-state index contributed by atoms with van der Waals surface area (Å²) in [6.45, 7) is 1.03. The number of esters is 1. The first-order valence-electron chi connectivity index (χ1n) is 8.80. The molecule has 9 heteroatoms. The van der Waals surface area contributed by atoms with E-state index in [2.05, 4.69) is 15.0 Å². The molecule has 1 amide bonds. The Hall–Kier alpha value is -2.94. The summed E-state index contributed by atoms with van der Waals surface area (Å²) >= 11 is 1.41. The third-order valence-corrected chi connectivity index (χ3v) is 5.38. The fourth-order valence-electron chi connectivity index (χ4n) is 3.00. The molecule has 2 aromatic rings. The van der Waals surface area contributed by atoms with Crippen LogP contribution in [-0.2, 0) is 9.53 Å². The predicted molar refractivity (Wildman–Crippen MR) is 105 cm³/mol. The number of hydrogen-bond acceptors (Lipinski definition) is 7. The number of aliphatic imine (C=N–C) groups is 1. The normalized spacial score (nSPS) is 17.8. The second-order valence-corrected chi connectivity index (χ2v) is 7.23. The molecule has 0 saturated heterocycles. The van der Waals surface area contributed by atoms with E-state index in [1.54, 1.807) is 16.7 Å². The highest BCUT2D eigenvalue weighted by Crippen LogP contribution is 2.32. The molecule has 0 saturated carbocycles. The Morgan fingerprint density at radius 2 is 2.11 bits per heavy atom. The van der Waals surface area contributed by atoms with E-state index in [9.17, 15) is 9.59 Å². The maximum Gasteiger partial charge on any atom is 0.307 e. The minimum atomic E-state index is -0.311. The molecule has 28 heavy (non-hydrogen) atoms. The maximum atomic E-state index is 12.8. The van der Waals surface area contributed by atoms with Crippen LogP contribution in [0.25, 0.3) is 5.69 Å². The van der Waals surface area contributed by atoms with Gasteiger partial charge in [0.1, 0.15) is 18.9 Å². The lowest BCUT2D eigenvalue weighted by atomic mass is 10.2. The summed E-state index contributed by atoms with van der Waals surface area (Å²) in [5, 5.41) is 3.33. The van der Waals surface area contributed by atoms with E-state index in [0.717, 1.165) is 5.69 Å². The Balaban J connectivity index is 1.49. The Bertz CT molecular complexity index is 939. The average molecular weight is 401 g/mol. The van der Waals surface area contributed by atoms with E-state index in [0.29, 0.717) is 41.3 Å². The molecule has 1 N–H and O–H groups in total. The van der Waals surface area contributed by atoms with Crippen LogP contribution < -0.4 is 14.8 Å². The summed E-state index contributed by atoms with van der Waals surface area (Å²) in [6.07, 6.45) is 2.01. The molecular weight excluding hydrogens is 382 g/mol. The van der Waals surface area contributed by atoms with Gasteiger partial charge in [-0.3, -0.25) is 14.6 Å². The third-order valence-electron chi connectivity index (χ3n) is 4.35. The number of carbonyl (C=O) groups is 2. The zero-order valence-electron chi connectivity index (χ0n) is 15.2. The van der Waals surface area contributed by atoms with Gasteiger partial charge < -0.3 is 24.1 Å². The first-order chi connectivity index (χ1) is 13.6. The van der Waals surface area contributed by atoms with Gasteiger partial charge >= 0.3 is 5.97 Å². The van der Waals surface area contributed by atoms with Gasteiger partial charge in [-0.05, 0) is 24.3 Å². The van der Waals surface area contributed by atoms with E-state index < -0.39 is 0 Å². The molecule has 8 nitrogen and oxygen atoms in total. The average Bonchev–Trinajstić information content (AvgIpc) is 3.37. The molecule has 3 heterocycles. The lowest BCUT2D eigenvalue weighted by molar-refractivity contribution is -0.140. The number of ether oxygens (including phenoxy) is 3. The van der Waals surface area contributed by atoms with E-state index in [1.165, 1.54) is 18.9 Å². The summed E-state index contributed by atoms with van der Waals surface area (Å²) in [5.74, 6) is 1.40. The number of hydrogen-bond donors (Lipinski definition) is 1. The van der Waals surface area contributed by atoms with E-state index in [-0.39, 0.29) is 24.3 Å². The highest BCUT2D eigenvalue weighted by molar-refractivity contribution is 8.14. The van der Waals surface area contributed by atoms with Crippen molar-refractivity contribution in [1.29, 1.82) is 0 Å². The molecule has 1 aromatic heterocycles. The number of carbonyl (C=O) groups excluding carboxylic acids is 2. The van der Waals surface area contributed by atoms with Crippen molar-refractivity contribution < 1.29 is 23.8 Å². The van der Waals surface area contributed by atoms with E-state index in [1.807, 2.05) is 24.4 Å². The number of nitrogens with zero attached hydrogens (tertiary/aromatic N) is 2. The summed E-state index contributed by atoms with van der Waals surface area (Å²) in [5.41, 5.74) is 1.26. The van der Waals surface area contributed by atoms with Crippen molar-refractivity contribution in [3.63, 3.8) is 0 Å². The molecule has 0 bridgehead atoms. The van der Waals surface area contributed by atoms with Crippen LogP contribution in [0.3, 0.4) is 0 Å². The van der Waals surface area contributed by atoms with Crippen LogP contribution in [0.4, 0.5) is 0 Å². The lowest BCUT2D eigenvalue weighted by Gasteiger charge is -2.19. The molecule has 0 aliphatic carbocycles. The number of fused-ring (bicyclic) bond motifs is 1. The smallest absolute Gasteiger partial charge is 0.307 e. The molecule has 0 spiro atoms. The molecule has 1 atom stereocenters. The van der Waals surface area contributed by atoms with Crippen LogP contribution >= 0.6 is 11.8 Å². The molecule has 2 aliphatic heterocycles. The Labute approximate surface area is 165 Å². The zero-order chi connectivity index (χ0) is 19.5. The fourth-order valence-corrected chi connectivity index (χ4v) is 3.93. The van der Waals surface area contributed by atoms with Crippen LogP contribution in [0.2, 0.25) is 0 Å². The van der Waals surface area contributed by atoms with Gasteiger partial charge in [0.05, 0.1) is 19.6 Å². The SMILES string of the molecule is COC(=O)CC1CSC(NC(=O)c2cccn2-c2ccc3c(c2)OCCO3)=N1. The standard InChI is InChI=1S/C19H19N3O5S/c1-25-17(23)9-12-11-28-19(20-12)21-18(24)14-3-2-6-22(14)13-4-5-15-16(10-13)27-8-7-26-15/h2-6,10,12H,7-9,11H2,1H3,(H,20,21,24). The first-order valence-corrected chi connectivity index (χ1v) is 9.79. The van der Waals surface area contributed by atoms with Crippen molar-refractivity contribution in [1.82, 2.24) is 9.88 Å². The van der Waals surface area contributed by atoms with Gasteiger partial charge in [0.2, 0.25) is 0 Å². The van der Waals surface area contributed by atoms with Crippen molar-refractivity contribution in [3.8, 4) is 17.2 Å². The third kappa shape index (κ3) is 3.84. The Morgan fingerprint density at radius 3 is 2.93 bits per heavy atom. The van der Waals surface area contributed by atoms with E-state index >= 15 is 0 Å². The van der Waals surface area contributed by atoms with Crippen molar-refractivity contribution in [2.75, 3.05) is 26.1 Å². The number of aromatic nitrogens is 1. The maximum absolute atomic E-state index is 12.8. The lowest BCUT2D eigenvalue weighted by Crippen LogP contribution is -2.29. The number of thioether (sulfide) groups is 1. The number of rotatable bonds is 4. The molecule has 146 valence electrons. The summed E-state index contributed by atoms with van der Waals surface area (Å²) in [4.78, 5) is 28.5. The quantitative estimate of drug-likeness (QED) is 0.788. The van der Waals surface area contributed by atoms with Crippen molar-refractivity contribution in [2.24, 2.45) is 4.99 Å². The van der Waals surface area contributed by atoms with Gasteiger partial charge in [-0.2, -0.15) is 0 Å². The highest BCUT2D eigenvalue weighted by Gasteiger charge is 2.24. The van der Waals surface area contributed by atoms with Crippen molar-refractivity contribution in [3.05, 3.63) is 42.2 Å². The van der Waals surface area contributed by atoms with Gasteiger partial charge in [-0.1, -0.05) is 11.8 Å². The monoisotopic (exact) mass is 401 g/mol. The van der Waals surface area contributed by atoms with Crippen LogP contribution in [0.1, 0.15) is 16.9 Å². The first kappa shape index (κ1) is 18.4. The highest BCUT2D eigenvalue weighted by atomic mass is 32.2. The Morgan fingerprint density at radius 1 is 1.29 bits per heavy atom. The van der Waals surface area contributed by atoms with Crippen LogP contribution in [-0.4, -0.2) is 53.7 Å². The number of methoxy groups -OCH3 is 1. The molecule has 1 unspecified atom stereocenters. The molecule has 0 fully saturated rings. The van der Waals surface area contributed by atoms with Gasteiger partial charge in [-0.25, -0.2) is 0 Å².